The number of amides is 1. The lowest BCUT2D eigenvalue weighted by Gasteiger charge is -2.21. The molecule has 1 atom stereocenters. The molecule has 2 aromatic rings. The van der Waals surface area contributed by atoms with Crippen LogP contribution in [0.2, 0.25) is 0 Å². The maximum atomic E-state index is 12.1. The van der Waals surface area contributed by atoms with Crippen LogP contribution in [0.3, 0.4) is 0 Å². The van der Waals surface area contributed by atoms with Gasteiger partial charge in [-0.25, -0.2) is 0 Å². The van der Waals surface area contributed by atoms with E-state index in [9.17, 15) is 4.79 Å². The van der Waals surface area contributed by atoms with Gasteiger partial charge >= 0.3 is 8.60 Å². The number of nitrogens with one attached hydrogen (secondary N) is 1. The van der Waals surface area contributed by atoms with E-state index in [1.54, 1.807) is 30.3 Å². The first-order valence-corrected chi connectivity index (χ1v) is 7.68. The summed E-state index contributed by atoms with van der Waals surface area (Å²) < 4.78 is 16.8. The number of anilines is 1. The first kappa shape index (κ1) is 12.9. The fraction of sp³-hybridized carbons (Fsp3) is 0.0714. The third-order valence-corrected chi connectivity index (χ3v) is 4.88. The van der Waals surface area contributed by atoms with E-state index in [1.807, 2.05) is 18.2 Å². The van der Waals surface area contributed by atoms with Crippen LogP contribution in [0.5, 0.6) is 11.5 Å². The van der Waals surface area contributed by atoms with Crippen LogP contribution in [0.15, 0.2) is 48.5 Å². The Morgan fingerprint density at radius 3 is 2.38 bits per heavy atom. The maximum absolute atomic E-state index is 12.1. The van der Waals surface area contributed by atoms with Gasteiger partial charge in [0.15, 0.2) is 11.5 Å². The normalized spacial score (nSPS) is 23.0. The van der Waals surface area contributed by atoms with Crippen LogP contribution in [-0.2, 0) is 14.4 Å². The minimum Gasteiger partial charge on any atom is -0.414 e. The second-order valence-corrected chi connectivity index (χ2v) is 6.07. The molecular formula is C14H9ClNO4P. The molecule has 2 aliphatic heterocycles. The second-order valence-electron chi connectivity index (χ2n) is 4.54. The lowest BCUT2D eigenvalue weighted by atomic mass is 10.1. The molecule has 0 saturated carbocycles. The fourth-order valence-electron chi connectivity index (χ4n) is 2.21. The lowest BCUT2D eigenvalue weighted by molar-refractivity contribution is -0.125. The molecule has 2 heterocycles. The number of carbonyl (C=O) groups excluding carboxylic acids is 1. The van der Waals surface area contributed by atoms with Gasteiger partial charge in [0.25, 0.3) is 11.0 Å². The van der Waals surface area contributed by atoms with Crippen molar-refractivity contribution < 1.29 is 18.4 Å². The van der Waals surface area contributed by atoms with Gasteiger partial charge < -0.3 is 14.4 Å². The SMILES string of the molecule is O=C1Nc2ccccc2C1(Cl)OP1Oc2ccccc2O1. The molecule has 2 aromatic carbocycles. The summed E-state index contributed by atoms with van der Waals surface area (Å²) >= 11 is 6.40. The Kier molecular flexibility index (Phi) is 2.82. The molecule has 0 radical (unpaired) electrons. The van der Waals surface area contributed by atoms with E-state index in [4.69, 9.17) is 25.2 Å². The minimum absolute atomic E-state index is 0.448. The molecule has 2 aliphatic rings. The Morgan fingerprint density at radius 2 is 1.67 bits per heavy atom. The number of fused-ring (bicyclic) bond motifs is 2. The second kappa shape index (κ2) is 4.60. The summed E-state index contributed by atoms with van der Waals surface area (Å²) in [5, 5.41) is 1.05. The number of rotatable bonds is 2. The summed E-state index contributed by atoms with van der Waals surface area (Å²) in [6.45, 7) is 0. The van der Waals surface area contributed by atoms with Gasteiger partial charge in [-0.15, -0.1) is 0 Å². The minimum atomic E-state index is -1.78. The van der Waals surface area contributed by atoms with Gasteiger partial charge in [0.05, 0.1) is 0 Å². The molecule has 7 heteroatoms. The van der Waals surface area contributed by atoms with E-state index >= 15 is 0 Å². The zero-order valence-corrected chi connectivity index (χ0v) is 12.2. The Bertz CT molecular complexity index is 715. The van der Waals surface area contributed by atoms with E-state index in [0.29, 0.717) is 22.7 Å². The Hall–Kier alpha value is -1.81. The standard InChI is InChI=1S/C14H9ClNO4P/c15-14(9-5-1-2-6-10(9)16-13(14)17)20-21-18-11-7-3-4-8-12(11)19-21/h1-8H,(H,16,17). The lowest BCUT2D eigenvalue weighted by Crippen LogP contribution is -2.30. The average Bonchev–Trinajstić information content (AvgIpc) is 2.99. The van der Waals surface area contributed by atoms with Crippen LogP contribution in [0.4, 0.5) is 5.69 Å². The van der Waals surface area contributed by atoms with Crippen molar-refractivity contribution in [3.05, 3.63) is 54.1 Å². The molecule has 0 bridgehead atoms. The molecule has 0 spiro atoms. The quantitative estimate of drug-likeness (QED) is 0.676. The van der Waals surface area contributed by atoms with E-state index in [-0.39, 0.29) is 0 Å². The third-order valence-electron chi connectivity index (χ3n) is 3.21. The number of hydrogen-bond donors (Lipinski definition) is 1. The van der Waals surface area contributed by atoms with E-state index in [1.165, 1.54) is 0 Å². The summed E-state index contributed by atoms with van der Waals surface area (Å²) in [6, 6.07) is 14.3. The molecule has 1 amide bonds. The summed E-state index contributed by atoms with van der Waals surface area (Å²) in [6.07, 6.45) is 0. The van der Waals surface area contributed by atoms with Crippen molar-refractivity contribution in [1.82, 2.24) is 0 Å². The van der Waals surface area contributed by atoms with Crippen molar-refractivity contribution in [3.63, 3.8) is 0 Å². The van der Waals surface area contributed by atoms with Crippen molar-refractivity contribution in [2.75, 3.05) is 5.32 Å². The summed E-state index contributed by atoms with van der Waals surface area (Å²) in [5.41, 5.74) is 1.19. The maximum Gasteiger partial charge on any atom is 0.465 e. The average molecular weight is 322 g/mol. The van der Waals surface area contributed by atoms with Crippen molar-refractivity contribution in [3.8, 4) is 11.5 Å². The number of carbonyl (C=O) groups is 1. The molecule has 21 heavy (non-hydrogen) atoms. The number of para-hydroxylation sites is 3. The molecular weight excluding hydrogens is 313 g/mol. The molecule has 0 aliphatic carbocycles. The van der Waals surface area contributed by atoms with Crippen molar-refractivity contribution >= 4 is 31.8 Å². The predicted octanol–water partition coefficient (Wildman–Crippen LogP) is 3.75. The van der Waals surface area contributed by atoms with Crippen LogP contribution in [0.25, 0.3) is 0 Å². The number of halogens is 1. The Labute approximate surface area is 126 Å². The van der Waals surface area contributed by atoms with Gasteiger partial charge in [-0.3, -0.25) is 9.32 Å². The molecule has 4 rings (SSSR count). The van der Waals surface area contributed by atoms with Gasteiger partial charge in [0.2, 0.25) is 0 Å². The van der Waals surface area contributed by atoms with Crippen LogP contribution >= 0.6 is 20.2 Å². The molecule has 0 saturated heterocycles. The third kappa shape index (κ3) is 1.97. The van der Waals surface area contributed by atoms with Crippen LogP contribution in [-0.4, -0.2) is 5.91 Å². The van der Waals surface area contributed by atoms with Gasteiger partial charge in [-0.2, -0.15) is 0 Å². The predicted molar refractivity (Wildman–Crippen MR) is 78.3 cm³/mol. The van der Waals surface area contributed by atoms with Crippen LogP contribution < -0.4 is 14.4 Å². The summed E-state index contributed by atoms with van der Waals surface area (Å²) in [7, 11) is -1.78. The molecule has 0 fully saturated rings. The van der Waals surface area contributed by atoms with Gasteiger partial charge in [-0.1, -0.05) is 41.9 Å². The highest BCUT2D eigenvalue weighted by molar-refractivity contribution is 7.43. The Balaban J connectivity index is 1.62. The van der Waals surface area contributed by atoms with E-state index in [0.717, 1.165) is 0 Å². The number of benzene rings is 2. The molecule has 106 valence electrons. The molecule has 0 aromatic heterocycles. The van der Waals surface area contributed by atoms with Crippen LogP contribution in [0, 0.1) is 0 Å². The fourth-order valence-corrected chi connectivity index (χ4v) is 3.71. The van der Waals surface area contributed by atoms with Gasteiger partial charge in [0, 0.05) is 11.3 Å². The first-order valence-electron chi connectivity index (χ1n) is 6.21. The monoisotopic (exact) mass is 321 g/mol. The Morgan fingerprint density at radius 1 is 1.05 bits per heavy atom. The van der Waals surface area contributed by atoms with Gasteiger partial charge in [0.1, 0.15) is 0 Å². The molecule has 1 unspecified atom stereocenters. The number of alkyl halides is 1. The highest BCUT2D eigenvalue weighted by Crippen LogP contribution is 2.58. The summed E-state index contributed by atoms with van der Waals surface area (Å²) in [5.74, 6) is 0.710. The van der Waals surface area contributed by atoms with Crippen molar-refractivity contribution in [2.24, 2.45) is 0 Å². The van der Waals surface area contributed by atoms with Crippen molar-refractivity contribution in [2.45, 2.75) is 5.06 Å². The smallest absolute Gasteiger partial charge is 0.414 e. The largest absolute Gasteiger partial charge is 0.465 e. The molecule has 5 nitrogen and oxygen atoms in total. The van der Waals surface area contributed by atoms with E-state index < -0.39 is 19.6 Å². The van der Waals surface area contributed by atoms with E-state index in [2.05, 4.69) is 5.32 Å². The molecule has 1 N–H and O–H groups in total. The zero-order valence-electron chi connectivity index (χ0n) is 10.6. The first-order chi connectivity index (χ1) is 10.2. The number of hydrogen-bond acceptors (Lipinski definition) is 4. The zero-order chi connectivity index (χ0) is 14.4. The topological polar surface area (TPSA) is 56.8 Å². The van der Waals surface area contributed by atoms with Crippen molar-refractivity contribution in [1.29, 1.82) is 0 Å². The van der Waals surface area contributed by atoms with Crippen LogP contribution in [0.1, 0.15) is 5.56 Å². The van der Waals surface area contributed by atoms with Gasteiger partial charge in [-0.05, 0) is 18.2 Å². The highest BCUT2D eigenvalue weighted by atomic mass is 35.5. The highest BCUT2D eigenvalue weighted by Gasteiger charge is 2.51. The summed E-state index contributed by atoms with van der Waals surface area (Å²) in [4.78, 5) is 12.1.